The third-order valence-electron chi connectivity index (χ3n) is 28.8. The average molecular weight is 2090 g/mol. The number of aromatic hydroxyl groups is 1. The van der Waals surface area contributed by atoms with Gasteiger partial charge in [0.05, 0.1) is 17.9 Å². The molecule has 9 fully saturated rings. The first-order valence-corrected chi connectivity index (χ1v) is 55.1. The molecule has 0 radical (unpaired) electrons. The van der Waals surface area contributed by atoms with Crippen LogP contribution in [-0.2, 0) is 53.5 Å². The number of nitrogens with one attached hydrogen (secondary N) is 10. The highest BCUT2D eigenvalue weighted by atomic mass is 79.9. The van der Waals surface area contributed by atoms with Gasteiger partial charge >= 0.3 is 12.2 Å². The van der Waals surface area contributed by atoms with Crippen LogP contribution in [0.1, 0.15) is 284 Å². The summed E-state index contributed by atoms with van der Waals surface area (Å²) in [5.41, 5.74) is 25.9. The van der Waals surface area contributed by atoms with Gasteiger partial charge in [0.1, 0.15) is 71.4 Å². The smallest absolute Gasteiger partial charge is 0.410 e. The number of hydrogen-bond donors (Lipinski definition) is 13. The van der Waals surface area contributed by atoms with Gasteiger partial charge in [-0.2, -0.15) is 5.53 Å². The fraction of sp³-hybridized carbons (Fsp3) is 0.596. The van der Waals surface area contributed by atoms with Crippen molar-refractivity contribution in [1.82, 2.24) is 62.5 Å². The Morgan fingerprint density at radius 1 is 0.434 bits per heavy atom. The maximum absolute atomic E-state index is 12.3. The van der Waals surface area contributed by atoms with Gasteiger partial charge < -0.3 is 102 Å². The number of carbonyl (C=O) groups is 4. The zero-order chi connectivity index (χ0) is 106. The number of hydrogen-bond acceptors (Lipinski definition) is 25. The minimum Gasteiger partial charge on any atom is -0.508 e. The van der Waals surface area contributed by atoms with Crippen LogP contribution >= 0.6 is 27.7 Å². The van der Waals surface area contributed by atoms with E-state index in [1.54, 1.807) is 44.3 Å². The molecule has 0 saturated carbocycles. The minimum atomic E-state index is -0.443. The molecular weight excluding hydrogens is 1910 g/mol. The molecule has 2 amide bonds. The highest BCUT2D eigenvalue weighted by Gasteiger charge is 2.35. The van der Waals surface area contributed by atoms with Crippen LogP contribution in [0.3, 0.4) is 0 Å². The number of ether oxygens (including phenoxy) is 6. The Morgan fingerprint density at radius 2 is 0.779 bits per heavy atom. The van der Waals surface area contributed by atoms with Gasteiger partial charge in [0.2, 0.25) is 0 Å². The van der Waals surface area contributed by atoms with E-state index in [2.05, 4.69) is 166 Å². The number of ketones is 2. The topological polar surface area (TPSA) is 369 Å². The number of carbonyl (C=O) groups excluding carboxylic acids is 4. The molecule has 7 aromatic rings. The molecule has 7 aromatic carbocycles. The van der Waals surface area contributed by atoms with Gasteiger partial charge in [0, 0.05) is 104 Å². The normalized spacial score (nSPS) is 22.4. The Bertz CT molecular complexity index is 5300. The summed E-state index contributed by atoms with van der Waals surface area (Å²) in [5.74, 6) is 4.55. The standard InChI is InChI=1S/C26H35N3O.C24H37N3O3.C19H29N3O.C14H17NO2.C10H20N2O2.C9H8O2.C7H7Br.C5H11NO.ClHN4/c1-2-4-20(5-3-1)19-29-16-12-22(13-17-29)28-26-9-6-21-18-24(7-8-25(21)26)30-23-10-14-27-15-11-23;1-24(2,3)30-23(28)27-14-10-18(11-15-27)26-22-7-4-17-16-20(5-6-21(17)22)29-19-8-12-25-13-9-19;1-4-19(22-15-5-9-20-10-6-15)18-3-2-17(13-14(1)18)23-16-7-11-21-12-8-16;16-14-4-1-10-9-12(2-3-13(10)14)17-11-5-7-15-8-6-11;1-10(2,3)14-9(13)12-6-4-8(11)5-7-12;10-7-2-3-8-6(5-7)1-4-9(8)11;8-6-7-4-2-1-3-5-7;7-5-1-3-6-4-2-5;1-3-5-4-2/h1-5,7-8,18,22-23,26-28H,6,9-17,19H2;5-6,16,18-19,22,25-26H,4,7-15H2,1-3H3;2-3,13,15-16,19-22H,1,4-12H2;2-3,9,11,15H,1,4-8H2;8H,4-7,11H2,1-3H3;2-3,5,10H,1,4H2;1-5H,6H2;5-7H,1-4H2;2H/i/hT5. The highest BCUT2D eigenvalue weighted by molar-refractivity contribution is 9.08. The van der Waals surface area contributed by atoms with Crippen LogP contribution in [0.2, 0.25) is 7.06 Å². The molecule has 3 atom stereocenters. The van der Waals surface area contributed by atoms with Gasteiger partial charge in [-0.05, 0) is 439 Å². The zero-order valence-electron chi connectivity index (χ0n) is 91.5. The van der Waals surface area contributed by atoms with Crippen LogP contribution in [-0.4, -0.2) is 232 Å². The molecule has 0 bridgehead atoms. The Balaban J connectivity index is 0.000000148. The highest BCUT2D eigenvalue weighted by Crippen LogP contribution is 2.40. The Kier molecular flexibility index (Phi) is 43.3. The van der Waals surface area contributed by atoms with Crippen molar-refractivity contribution in [1.29, 1.82) is 5.53 Å². The number of amides is 2. The molecule has 0 aromatic heterocycles. The van der Waals surface area contributed by atoms with Crippen LogP contribution in [0.4, 0.5) is 9.59 Å². The number of aliphatic hydroxyl groups excluding tert-OH is 1. The Labute approximate surface area is 882 Å². The fourth-order valence-electron chi connectivity index (χ4n) is 20.8. The second-order valence-corrected chi connectivity index (χ2v) is 42.9. The quantitative estimate of drug-likeness (QED) is 0.0216. The fourth-order valence-corrected chi connectivity index (χ4v) is 21.2. The molecule has 29 nitrogen and oxygen atoms in total. The number of fused-ring (bicyclic) bond motifs is 5. The number of rotatable bonds is 18. The van der Waals surface area contributed by atoms with Crippen LogP contribution in [0.15, 0.2) is 167 Å². The lowest BCUT2D eigenvalue weighted by atomic mass is 10.0. The molecule has 9 aliphatic heterocycles. The van der Waals surface area contributed by atoms with E-state index in [0.29, 0.717) is 49.1 Å². The van der Waals surface area contributed by atoms with E-state index < -0.39 is 11.2 Å². The van der Waals surface area contributed by atoms with Gasteiger partial charge in [-0.1, -0.05) is 99.4 Å². The second-order valence-electron chi connectivity index (χ2n) is 42.2. The number of Topliss-reactive ketones (excluding diaryl/α,β-unsaturated/α-hetero) is 2. The van der Waals surface area contributed by atoms with Gasteiger partial charge in [0.25, 0.3) is 0 Å². The number of piperidine rings is 9. The lowest BCUT2D eigenvalue weighted by Gasteiger charge is -2.35. The number of halogens is 2. The van der Waals surface area contributed by atoms with Crippen molar-refractivity contribution in [2.45, 2.75) is 317 Å². The number of phenols is 1. The van der Waals surface area contributed by atoms with E-state index in [9.17, 15) is 19.2 Å². The van der Waals surface area contributed by atoms with E-state index in [0.717, 1.165) is 290 Å². The summed E-state index contributed by atoms with van der Waals surface area (Å²) in [5, 5.41) is 47.1. The number of benzene rings is 7. The average Bonchev–Trinajstić information content (AvgIpc) is 1.69. The number of aliphatic hydroxyl groups is 1. The summed E-state index contributed by atoms with van der Waals surface area (Å²) < 4.78 is 75.5. The van der Waals surface area contributed by atoms with E-state index in [4.69, 9.17) is 57.0 Å². The van der Waals surface area contributed by atoms with Crippen molar-refractivity contribution in [3.8, 4) is 28.7 Å². The molecule has 14 N–H and O–H groups in total. The molecule has 792 valence electrons. The van der Waals surface area contributed by atoms with Crippen molar-refractivity contribution < 1.29 is 64.9 Å². The van der Waals surface area contributed by atoms with Crippen molar-refractivity contribution in [3.05, 3.63) is 218 Å². The molecule has 9 saturated heterocycles. The summed E-state index contributed by atoms with van der Waals surface area (Å²) in [6.45, 7) is 27.8. The molecule has 145 heavy (non-hydrogen) atoms. The molecule has 21 rings (SSSR count). The molecule has 0 spiro atoms. The number of alkyl halides is 1. The largest absolute Gasteiger partial charge is 0.508 e. The van der Waals surface area contributed by atoms with E-state index >= 15 is 0 Å². The lowest BCUT2D eigenvalue weighted by molar-refractivity contribution is 0.0189. The predicted molar refractivity (Wildman–Crippen MR) is 577 cm³/mol. The van der Waals surface area contributed by atoms with Crippen LogP contribution in [0, 0.1) is 5.53 Å². The van der Waals surface area contributed by atoms with E-state index in [1.807, 2.05) is 82.8 Å². The number of nitrogens with two attached hydrogens (primary N) is 1. The number of aryl methyl sites for hydroxylation is 5. The summed E-state index contributed by atoms with van der Waals surface area (Å²) in [6, 6.07) is 55.1. The van der Waals surface area contributed by atoms with Crippen molar-refractivity contribution in [3.63, 3.8) is 0 Å². The molecule has 5 aliphatic carbocycles. The molecule has 9 heterocycles. The van der Waals surface area contributed by atoms with Crippen molar-refractivity contribution >= 4 is 51.5 Å². The van der Waals surface area contributed by atoms with E-state index in [-0.39, 0.29) is 66.1 Å². The van der Waals surface area contributed by atoms with Gasteiger partial charge in [-0.3, -0.25) is 14.5 Å². The van der Waals surface area contributed by atoms with Crippen molar-refractivity contribution in [2.24, 2.45) is 20.8 Å². The Hall–Kier alpha value is -9.09. The second kappa shape index (κ2) is 59.3. The van der Waals surface area contributed by atoms with Gasteiger partial charge in [0.15, 0.2) is 11.6 Å². The first-order valence-electron chi connectivity index (χ1n) is 55.9. The molecular formula is C114H165BrClN17O12. The van der Waals surface area contributed by atoms with Crippen LogP contribution in [0.5, 0.6) is 28.7 Å². The SMILES string of the molecule is BrCc1ccccc1.CC(C)(C)OC(=O)N1CCC(N)CC1.N=NN=NCl.O=C1CCc2cc(O)ccc21.[3H]N1CCC(O)CC1.[3H]N1CCC(Oc2ccc3c(c2)CCC3=O)CC1.[3H]N1CCC(Oc2ccc3c(c2)CCC3NC2CCN(C(=O)OC(C)(C)C)CC2)CC1.[3H]N1CCC(Oc2ccc3c(c2)CCC3NC2CCN(Cc3ccccc3)CC2)CC1.[3H]N1CCC(Oc2ccc3c(c2)CCC3NC2CCNCC2)CC1. The molecule has 31 heteroatoms. The minimum absolute atomic E-state index is 0.142. The van der Waals surface area contributed by atoms with Gasteiger partial charge in [-0.15, -0.1) is 0 Å². The maximum Gasteiger partial charge on any atom is 0.410 e. The first kappa shape index (κ1) is 106. The van der Waals surface area contributed by atoms with Crippen LogP contribution < -0.4 is 72.5 Å². The Morgan fingerprint density at radius 3 is 1.14 bits per heavy atom. The van der Waals surface area contributed by atoms with E-state index in [1.165, 1.54) is 101 Å². The monoisotopic (exact) mass is 2090 g/mol. The molecule has 14 aliphatic rings. The number of likely N-dealkylation sites (tertiary alicyclic amines) is 3. The number of nitrogens with zero attached hydrogens (tertiary/aromatic N) is 6. The van der Waals surface area contributed by atoms with Crippen molar-refractivity contribution in [2.75, 3.05) is 118 Å². The summed E-state index contributed by atoms with van der Waals surface area (Å²) >= 11 is 7.90. The third kappa shape index (κ3) is 38.5. The predicted octanol–water partition coefficient (Wildman–Crippen LogP) is 18.7. The summed E-state index contributed by atoms with van der Waals surface area (Å²) in [7, 11) is 0. The summed E-state index contributed by atoms with van der Waals surface area (Å²) in [4.78, 5) is 52.6. The third-order valence-corrected chi connectivity index (χ3v) is 29.5. The first-order chi connectivity index (χ1) is 72.3. The summed E-state index contributed by atoms with van der Waals surface area (Å²) in [6.07, 6.45) is 27.8. The lowest BCUT2D eigenvalue weighted by Crippen LogP contribution is -2.47. The maximum atomic E-state index is 12.3. The van der Waals surface area contributed by atoms with Crippen LogP contribution in [0.25, 0.3) is 0 Å². The number of phenolic OH excluding ortho intramolecular Hbond substituents is 1. The molecule has 3 unspecified atom stereocenters. The zero-order valence-corrected chi connectivity index (χ0v) is 88.9. The van der Waals surface area contributed by atoms with Gasteiger partial charge in [-0.25, -0.2) is 9.59 Å².